The lowest BCUT2D eigenvalue weighted by molar-refractivity contribution is -0.122. The summed E-state index contributed by atoms with van der Waals surface area (Å²) in [6.45, 7) is 2.33. The largest absolute Gasteiger partial charge is 0.481 e. The molecule has 1 aliphatic rings. The molecule has 0 bridgehead atoms. The van der Waals surface area contributed by atoms with Crippen LogP contribution in [0, 0.1) is 0 Å². The van der Waals surface area contributed by atoms with Gasteiger partial charge in [-0.25, -0.2) is 8.42 Å². The maximum absolute atomic E-state index is 13.3. The second kappa shape index (κ2) is 9.44. The van der Waals surface area contributed by atoms with Crippen molar-refractivity contribution in [2.24, 2.45) is 0 Å². The van der Waals surface area contributed by atoms with Gasteiger partial charge in [0.05, 0.1) is 10.6 Å². The average molecular weight is 451 g/mol. The fourth-order valence-electron chi connectivity index (χ4n) is 3.79. The molecule has 0 spiro atoms. The number of fused-ring (bicyclic) bond motifs is 1. The number of para-hydroxylation sites is 2. The minimum atomic E-state index is -3.69. The van der Waals surface area contributed by atoms with Gasteiger partial charge in [-0.15, -0.1) is 0 Å². The third kappa shape index (κ3) is 4.62. The van der Waals surface area contributed by atoms with E-state index in [9.17, 15) is 13.2 Å². The summed E-state index contributed by atoms with van der Waals surface area (Å²) in [6.07, 6.45) is 1.51. The van der Waals surface area contributed by atoms with Gasteiger partial charge in [0.1, 0.15) is 5.75 Å². The predicted molar refractivity (Wildman–Crippen MR) is 126 cm³/mol. The maximum Gasteiger partial charge on any atom is 0.265 e. The summed E-state index contributed by atoms with van der Waals surface area (Å²) in [5, 5.41) is 2.81. The summed E-state index contributed by atoms with van der Waals surface area (Å²) in [5.74, 6) is 0.342. The zero-order chi connectivity index (χ0) is 22.6. The van der Waals surface area contributed by atoms with Crippen molar-refractivity contribution >= 4 is 27.3 Å². The SMILES string of the molecule is CCC(Oc1ccccc1)C(=O)Nc1ccc(S(=O)(=O)N2CCCc3ccccc32)cc1. The fourth-order valence-corrected chi connectivity index (χ4v) is 5.34. The van der Waals surface area contributed by atoms with Crippen molar-refractivity contribution < 1.29 is 17.9 Å². The Morgan fingerprint density at radius 1 is 1.00 bits per heavy atom. The first-order valence-corrected chi connectivity index (χ1v) is 12.2. The van der Waals surface area contributed by atoms with Gasteiger partial charge in [-0.2, -0.15) is 0 Å². The van der Waals surface area contributed by atoms with Crippen LogP contribution in [0.25, 0.3) is 0 Å². The van der Waals surface area contributed by atoms with Gasteiger partial charge in [-0.1, -0.05) is 43.3 Å². The highest BCUT2D eigenvalue weighted by atomic mass is 32.2. The number of nitrogens with zero attached hydrogens (tertiary/aromatic N) is 1. The Bertz CT molecular complexity index is 1180. The first-order valence-electron chi connectivity index (χ1n) is 10.7. The summed E-state index contributed by atoms with van der Waals surface area (Å²) >= 11 is 0. The van der Waals surface area contributed by atoms with E-state index < -0.39 is 16.1 Å². The van der Waals surface area contributed by atoms with Crippen LogP contribution in [-0.2, 0) is 21.2 Å². The van der Waals surface area contributed by atoms with Crippen LogP contribution in [0.2, 0.25) is 0 Å². The highest BCUT2D eigenvalue weighted by Crippen LogP contribution is 2.32. The highest BCUT2D eigenvalue weighted by Gasteiger charge is 2.29. The lowest BCUT2D eigenvalue weighted by Crippen LogP contribution is -2.35. The number of nitrogens with one attached hydrogen (secondary N) is 1. The molecule has 3 aromatic carbocycles. The van der Waals surface area contributed by atoms with Crippen molar-refractivity contribution in [3.8, 4) is 5.75 Å². The van der Waals surface area contributed by atoms with Crippen molar-refractivity contribution in [3.05, 3.63) is 84.4 Å². The normalized spacial score (nSPS) is 14.3. The Hall–Kier alpha value is -3.32. The molecule has 1 aliphatic heterocycles. The number of carbonyl (C=O) groups is 1. The van der Waals surface area contributed by atoms with Gasteiger partial charge in [0, 0.05) is 12.2 Å². The van der Waals surface area contributed by atoms with E-state index in [4.69, 9.17) is 4.74 Å². The summed E-state index contributed by atoms with van der Waals surface area (Å²) in [4.78, 5) is 12.8. The van der Waals surface area contributed by atoms with E-state index in [-0.39, 0.29) is 10.8 Å². The van der Waals surface area contributed by atoms with Crippen LogP contribution < -0.4 is 14.4 Å². The monoisotopic (exact) mass is 450 g/mol. The first kappa shape index (κ1) is 21.9. The molecule has 1 heterocycles. The zero-order valence-electron chi connectivity index (χ0n) is 17.9. The van der Waals surface area contributed by atoms with Crippen LogP contribution >= 0.6 is 0 Å². The molecule has 6 nitrogen and oxygen atoms in total. The molecule has 4 rings (SSSR count). The third-order valence-corrected chi connectivity index (χ3v) is 7.29. The predicted octanol–water partition coefficient (Wildman–Crippen LogP) is 4.62. The molecule has 1 unspecified atom stereocenters. The molecule has 32 heavy (non-hydrogen) atoms. The first-order chi connectivity index (χ1) is 15.5. The van der Waals surface area contributed by atoms with Crippen molar-refractivity contribution in [2.45, 2.75) is 37.2 Å². The fraction of sp³-hybridized carbons (Fsp3) is 0.240. The smallest absolute Gasteiger partial charge is 0.265 e. The molecule has 0 radical (unpaired) electrons. The number of sulfonamides is 1. The minimum absolute atomic E-state index is 0.194. The van der Waals surface area contributed by atoms with Crippen LogP contribution in [0.4, 0.5) is 11.4 Å². The van der Waals surface area contributed by atoms with E-state index in [2.05, 4.69) is 5.32 Å². The summed E-state index contributed by atoms with van der Waals surface area (Å²) < 4.78 is 33.8. The molecule has 7 heteroatoms. The summed E-state index contributed by atoms with van der Waals surface area (Å²) in [5.41, 5.74) is 2.29. The van der Waals surface area contributed by atoms with E-state index in [0.717, 1.165) is 24.1 Å². The molecule has 1 atom stereocenters. The Morgan fingerprint density at radius 3 is 2.41 bits per heavy atom. The van der Waals surface area contributed by atoms with Gasteiger partial charge >= 0.3 is 0 Å². The van der Waals surface area contributed by atoms with E-state index in [1.165, 1.54) is 16.4 Å². The molecular weight excluding hydrogens is 424 g/mol. The molecule has 166 valence electrons. The van der Waals surface area contributed by atoms with Crippen molar-refractivity contribution in [1.82, 2.24) is 0 Å². The van der Waals surface area contributed by atoms with Crippen molar-refractivity contribution in [1.29, 1.82) is 0 Å². The second-order valence-electron chi connectivity index (χ2n) is 7.65. The number of aryl methyl sites for hydroxylation is 1. The number of benzene rings is 3. The average Bonchev–Trinajstić information content (AvgIpc) is 2.83. The van der Waals surface area contributed by atoms with Crippen LogP contribution in [0.5, 0.6) is 5.75 Å². The van der Waals surface area contributed by atoms with Gasteiger partial charge in [-0.05, 0) is 67.3 Å². The number of hydrogen-bond acceptors (Lipinski definition) is 4. The third-order valence-electron chi connectivity index (χ3n) is 5.46. The lowest BCUT2D eigenvalue weighted by Gasteiger charge is -2.30. The number of hydrogen-bond donors (Lipinski definition) is 1. The Morgan fingerprint density at radius 2 is 1.69 bits per heavy atom. The number of amides is 1. The molecule has 0 saturated carbocycles. The molecule has 0 aromatic heterocycles. The summed E-state index contributed by atoms with van der Waals surface area (Å²) in [6, 6.07) is 23.0. The van der Waals surface area contributed by atoms with Crippen LogP contribution in [0.1, 0.15) is 25.3 Å². The molecule has 0 fully saturated rings. The number of anilines is 2. The number of rotatable bonds is 7. The molecule has 1 amide bonds. The Kier molecular flexibility index (Phi) is 6.46. The highest BCUT2D eigenvalue weighted by molar-refractivity contribution is 7.92. The van der Waals surface area contributed by atoms with Gasteiger partial charge in [0.2, 0.25) is 0 Å². The molecule has 1 N–H and O–H groups in total. The maximum atomic E-state index is 13.3. The van der Waals surface area contributed by atoms with Crippen LogP contribution in [-0.4, -0.2) is 27.0 Å². The van der Waals surface area contributed by atoms with E-state index in [0.29, 0.717) is 24.4 Å². The van der Waals surface area contributed by atoms with E-state index in [1.807, 2.05) is 49.4 Å². The van der Waals surface area contributed by atoms with Crippen molar-refractivity contribution in [3.63, 3.8) is 0 Å². The van der Waals surface area contributed by atoms with Crippen molar-refractivity contribution in [2.75, 3.05) is 16.2 Å². The van der Waals surface area contributed by atoms with Crippen LogP contribution in [0.15, 0.2) is 83.8 Å². The van der Waals surface area contributed by atoms with E-state index >= 15 is 0 Å². The Labute approximate surface area is 188 Å². The number of carbonyl (C=O) groups excluding carboxylic acids is 1. The standard InChI is InChI=1S/C25H26N2O4S/c1-2-24(31-21-11-4-3-5-12-21)25(28)26-20-14-16-22(17-15-20)32(29,30)27-18-8-10-19-9-6-7-13-23(19)27/h3-7,9,11-17,24H,2,8,10,18H2,1H3,(H,26,28). The Balaban J connectivity index is 1.48. The van der Waals surface area contributed by atoms with Gasteiger partial charge in [0.25, 0.3) is 15.9 Å². The van der Waals surface area contributed by atoms with E-state index in [1.54, 1.807) is 24.3 Å². The molecule has 0 aliphatic carbocycles. The van der Waals surface area contributed by atoms with Gasteiger partial charge in [-0.3, -0.25) is 9.10 Å². The van der Waals surface area contributed by atoms with Gasteiger partial charge < -0.3 is 10.1 Å². The zero-order valence-corrected chi connectivity index (χ0v) is 18.7. The van der Waals surface area contributed by atoms with Crippen LogP contribution in [0.3, 0.4) is 0 Å². The lowest BCUT2D eigenvalue weighted by atomic mass is 10.0. The number of ether oxygens (including phenoxy) is 1. The minimum Gasteiger partial charge on any atom is -0.481 e. The topological polar surface area (TPSA) is 75.7 Å². The molecule has 0 saturated heterocycles. The van der Waals surface area contributed by atoms with Gasteiger partial charge in [0.15, 0.2) is 6.10 Å². The summed E-state index contributed by atoms with van der Waals surface area (Å²) in [7, 11) is -3.69. The second-order valence-corrected chi connectivity index (χ2v) is 9.51. The molecule has 3 aromatic rings. The molecular formula is C25H26N2O4S. The quantitative estimate of drug-likeness (QED) is 0.570.